The number of aliphatic carboxylic acids is 2. The number of amides is 1. The van der Waals surface area contributed by atoms with Gasteiger partial charge in [0.1, 0.15) is 5.78 Å². The van der Waals surface area contributed by atoms with Crippen LogP contribution in [0.1, 0.15) is 25.3 Å². The third-order valence-electron chi connectivity index (χ3n) is 4.32. The van der Waals surface area contributed by atoms with E-state index < -0.39 is 49.5 Å². The van der Waals surface area contributed by atoms with E-state index in [0.717, 1.165) is 0 Å². The molecule has 3 unspecified atom stereocenters. The Labute approximate surface area is 166 Å². The van der Waals surface area contributed by atoms with E-state index in [1.54, 1.807) is 18.2 Å². The molecule has 0 radical (unpaired) electrons. The molecule has 10 nitrogen and oxygen atoms in total. The molecule has 3 atom stereocenters. The van der Waals surface area contributed by atoms with E-state index in [2.05, 4.69) is 5.32 Å². The normalized spacial score (nSPS) is 16.8. The van der Waals surface area contributed by atoms with Crippen LogP contribution in [0.3, 0.4) is 0 Å². The molecular weight excluding hydrogens is 405 g/mol. The van der Waals surface area contributed by atoms with Gasteiger partial charge in [0.05, 0.1) is 5.92 Å². The average Bonchev–Trinajstić information content (AvgIpc) is 3.10. The van der Waals surface area contributed by atoms with Crippen molar-refractivity contribution in [3.05, 3.63) is 29.8 Å². The summed E-state index contributed by atoms with van der Waals surface area (Å²) in [5.74, 6) is -4.56. The third-order valence-corrected chi connectivity index (χ3v) is 6.62. The summed E-state index contributed by atoms with van der Waals surface area (Å²) in [5.41, 5.74) is 0.656. The lowest BCUT2D eigenvalue weighted by Gasteiger charge is -2.22. The quantitative estimate of drug-likeness (QED) is 0.322. The fourth-order valence-corrected chi connectivity index (χ4v) is 4.22. The summed E-state index contributed by atoms with van der Waals surface area (Å²) in [7, 11) is -4.09. The molecule has 1 heterocycles. The van der Waals surface area contributed by atoms with E-state index in [1.807, 2.05) is 0 Å². The Kier molecular flexibility index (Phi) is 7.41. The minimum Gasteiger partial charge on any atom is -0.481 e. The summed E-state index contributed by atoms with van der Waals surface area (Å²) in [6.45, 7) is 1.42. The van der Waals surface area contributed by atoms with E-state index in [1.165, 1.54) is 19.1 Å². The molecule has 29 heavy (non-hydrogen) atoms. The van der Waals surface area contributed by atoms with Crippen molar-refractivity contribution in [2.24, 2.45) is 5.92 Å². The molecule has 4 N–H and O–H groups in total. The van der Waals surface area contributed by atoms with Gasteiger partial charge in [-0.3, -0.25) is 18.9 Å². The van der Waals surface area contributed by atoms with E-state index >= 15 is 0 Å². The van der Waals surface area contributed by atoms with Crippen LogP contribution >= 0.6 is 7.37 Å². The molecule has 0 spiro atoms. The highest BCUT2D eigenvalue weighted by Gasteiger charge is 2.34. The number of benzene rings is 1. The lowest BCUT2D eigenvalue weighted by molar-refractivity contribution is -0.142. The van der Waals surface area contributed by atoms with Crippen molar-refractivity contribution >= 4 is 31.3 Å². The highest BCUT2D eigenvalue weighted by molar-refractivity contribution is 7.58. The largest absolute Gasteiger partial charge is 0.481 e. The van der Waals surface area contributed by atoms with Crippen LogP contribution in [-0.4, -0.2) is 51.7 Å². The van der Waals surface area contributed by atoms with Crippen LogP contribution in [0.25, 0.3) is 6.08 Å². The van der Waals surface area contributed by atoms with Gasteiger partial charge in [0, 0.05) is 18.7 Å². The van der Waals surface area contributed by atoms with Crippen LogP contribution in [0, 0.1) is 5.92 Å². The lowest BCUT2D eigenvalue weighted by atomic mass is 10.1. The molecule has 0 fully saturated rings. The van der Waals surface area contributed by atoms with Gasteiger partial charge in [-0.2, -0.15) is 0 Å². The third kappa shape index (κ3) is 6.62. The molecular formula is C18H22NO9P. The number of carbonyl (C=O) groups is 3. The summed E-state index contributed by atoms with van der Waals surface area (Å²) in [4.78, 5) is 44.1. The molecule has 158 valence electrons. The van der Waals surface area contributed by atoms with Gasteiger partial charge in [0.25, 0.3) is 0 Å². The Morgan fingerprint density at radius 2 is 1.93 bits per heavy atom. The number of fused-ring (bicyclic) bond motifs is 1. The maximum atomic E-state index is 12.5. The minimum absolute atomic E-state index is 0.121. The first-order valence-electron chi connectivity index (χ1n) is 8.73. The predicted octanol–water partition coefficient (Wildman–Crippen LogP) is 1.73. The molecule has 0 bridgehead atoms. The minimum atomic E-state index is -4.09. The topological polar surface area (TPSA) is 159 Å². The number of hydrogen-bond acceptors (Lipinski definition) is 6. The van der Waals surface area contributed by atoms with Gasteiger partial charge in [0.2, 0.25) is 20.1 Å². The van der Waals surface area contributed by atoms with Crippen LogP contribution < -0.4 is 14.8 Å². The first kappa shape index (κ1) is 22.4. The number of rotatable bonds is 10. The molecule has 1 aliphatic rings. The molecule has 1 aliphatic heterocycles. The number of carboxylic acid groups (broad SMARTS) is 2. The molecule has 2 rings (SSSR count). The Bertz CT molecular complexity index is 867. The summed E-state index contributed by atoms with van der Waals surface area (Å²) in [5, 5.41) is 20.2. The number of nitrogens with one attached hydrogen (secondary N) is 1. The van der Waals surface area contributed by atoms with Crippen LogP contribution in [0.15, 0.2) is 24.3 Å². The molecule has 0 saturated heterocycles. The maximum Gasteiger partial charge on any atom is 0.307 e. The van der Waals surface area contributed by atoms with Gasteiger partial charge in [-0.25, -0.2) is 0 Å². The number of ether oxygens (including phenoxy) is 2. The van der Waals surface area contributed by atoms with Crippen LogP contribution in [-0.2, 0) is 18.9 Å². The van der Waals surface area contributed by atoms with Crippen molar-refractivity contribution in [1.82, 2.24) is 5.32 Å². The summed E-state index contributed by atoms with van der Waals surface area (Å²) in [6.07, 6.45) is 1.31. The van der Waals surface area contributed by atoms with E-state index in [-0.39, 0.29) is 13.2 Å². The van der Waals surface area contributed by atoms with Gasteiger partial charge in [-0.15, -0.1) is 0 Å². The number of carboxylic acids is 2. The average molecular weight is 427 g/mol. The zero-order chi connectivity index (χ0) is 21.6. The van der Waals surface area contributed by atoms with E-state index in [4.69, 9.17) is 19.7 Å². The molecule has 0 aliphatic carbocycles. The second-order valence-electron chi connectivity index (χ2n) is 6.54. The highest BCUT2D eigenvalue weighted by Crippen LogP contribution is 2.47. The zero-order valence-electron chi connectivity index (χ0n) is 15.6. The first-order chi connectivity index (χ1) is 13.6. The molecule has 1 aromatic rings. The lowest BCUT2D eigenvalue weighted by Crippen LogP contribution is -2.33. The highest BCUT2D eigenvalue weighted by atomic mass is 31.2. The van der Waals surface area contributed by atoms with E-state index in [0.29, 0.717) is 17.1 Å². The van der Waals surface area contributed by atoms with Gasteiger partial charge >= 0.3 is 11.9 Å². The molecule has 0 saturated carbocycles. The van der Waals surface area contributed by atoms with Gasteiger partial charge in [0.15, 0.2) is 11.5 Å². The van der Waals surface area contributed by atoms with Gasteiger partial charge in [-0.05, 0) is 37.1 Å². The fraction of sp³-hybridized carbons (Fsp3) is 0.389. The van der Waals surface area contributed by atoms with Crippen molar-refractivity contribution < 1.29 is 43.5 Å². The maximum absolute atomic E-state index is 12.5. The second kappa shape index (κ2) is 9.58. The smallest absolute Gasteiger partial charge is 0.307 e. The Balaban J connectivity index is 1.95. The molecule has 0 aromatic heterocycles. The van der Waals surface area contributed by atoms with Crippen LogP contribution in [0.2, 0.25) is 0 Å². The molecule has 1 aromatic carbocycles. The monoisotopic (exact) mass is 427 g/mol. The predicted molar refractivity (Wildman–Crippen MR) is 102 cm³/mol. The van der Waals surface area contributed by atoms with Crippen molar-refractivity contribution in [1.29, 1.82) is 0 Å². The first-order valence-corrected chi connectivity index (χ1v) is 10.6. The number of carbonyl (C=O) groups excluding carboxylic acids is 1. The van der Waals surface area contributed by atoms with Gasteiger partial charge < -0.3 is 29.9 Å². The molecule has 11 heteroatoms. The molecule has 1 amide bonds. The van der Waals surface area contributed by atoms with Crippen molar-refractivity contribution in [2.75, 3.05) is 13.0 Å². The fourth-order valence-electron chi connectivity index (χ4n) is 2.61. The summed E-state index contributed by atoms with van der Waals surface area (Å²) in [6, 6.07) is 5.07. The van der Waals surface area contributed by atoms with Crippen molar-refractivity contribution in [3.8, 4) is 11.5 Å². The van der Waals surface area contributed by atoms with Crippen LogP contribution in [0.4, 0.5) is 0 Å². The number of hydrogen-bond donors (Lipinski definition) is 4. The van der Waals surface area contributed by atoms with Crippen molar-refractivity contribution in [3.63, 3.8) is 0 Å². The zero-order valence-corrected chi connectivity index (χ0v) is 16.5. The van der Waals surface area contributed by atoms with E-state index in [9.17, 15) is 23.8 Å². The Morgan fingerprint density at radius 3 is 2.59 bits per heavy atom. The SMILES string of the molecule is CC(NC(=O)/C=C/c1ccc2c(c1)OCO2)P(=O)(O)CC(CCC(=O)O)C(=O)O. The van der Waals surface area contributed by atoms with Gasteiger partial charge in [-0.1, -0.05) is 6.07 Å². The Hall–Kier alpha value is -2.84. The van der Waals surface area contributed by atoms with Crippen LogP contribution in [0.5, 0.6) is 11.5 Å². The Morgan fingerprint density at radius 1 is 1.24 bits per heavy atom. The standard InChI is InChI=1S/C18H22NO9P/c1-11(29(25,26)9-13(18(23)24)4-7-17(21)22)19-16(20)6-3-12-2-5-14-15(8-12)28-10-27-14/h2-3,5-6,8,11,13H,4,7,9-10H2,1H3,(H,19,20)(H,21,22)(H,23,24)(H,25,26)/b6-3+. The summed E-state index contributed by atoms with van der Waals surface area (Å²) < 4.78 is 22.9. The second-order valence-corrected chi connectivity index (χ2v) is 9.19. The summed E-state index contributed by atoms with van der Waals surface area (Å²) >= 11 is 0. The van der Waals surface area contributed by atoms with Crippen molar-refractivity contribution in [2.45, 2.75) is 25.5 Å².